The van der Waals surface area contributed by atoms with Crippen molar-refractivity contribution in [3.63, 3.8) is 0 Å². The van der Waals surface area contributed by atoms with E-state index in [1.54, 1.807) is 17.4 Å². The summed E-state index contributed by atoms with van der Waals surface area (Å²) in [7, 11) is 1.98. The van der Waals surface area contributed by atoms with Crippen LogP contribution in [0.4, 0.5) is 11.4 Å². The third kappa shape index (κ3) is 2.40. The van der Waals surface area contributed by atoms with Gasteiger partial charge in [-0.2, -0.15) is 5.26 Å². The monoisotopic (exact) mass is 243 g/mol. The molecular formula is C13H13N3S. The molecule has 1 heterocycles. The number of hydrogen-bond acceptors (Lipinski definition) is 4. The SMILES string of the molecule is CN(Cc1cccs1)c1cccc(C#N)c1N. The van der Waals surface area contributed by atoms with Crippen molar-refractivity contribution in [2.75, 3.05) is 17.7 Å². The number of thiophene rings is 1. The second kappa shape index (κ2) is 4.89. The molecule has 2 rings (SSSR count). The van der Waals surface area contributed by atoms with E-state index in [0.717, 1.165) is 12.2 Å². The Morgan fingerprint density at radius 2 is 2.18 bits per heavy atom. The summed E-state index contributed by atoms with van der Waals surface area (Å²) in [5, 5.41) is 11.0. The first-order chi connectivity index (χ1) is 8.22. The maximum atomic E-state index is 8.93. The van der Waals surface area contributed by atoms with Crippen LogP contribution in [0.5, 0.6) is 0 Å². The Kier molecular flexibility index (Phi) is 3.31. The summed E-state index contributed by atoms with van der Waals surface area (Å²) in [4.78, 5) is 3.33. The van der Waals surface area contributed by atoms with Crippen LogP contribution in [-0.2, 0) is 6.54 Å². The second-order valence-corrected chi connectivity index (χ2v) is 4.82. The maximum absolute atomic E-state index is 8.93. The van der Waals surface area contributed by atoms with Gasteiger partial charge in [-0.15, -0.1) is 11.3 Å². The minimum Gasteiger partial charge on any atom is -0.396 e. The molecule has 2 N–H and O–H groups in total. The summed E-state index contributed by atoms with van der Waals surface area (Å²) in [6, 6.07) is 11.7. The molecule has 0 aliphatic rings. The van der Waals surface area contributed by atoms with Crippen molar-refractivity contribution in [1.29, 1.82) is 5.26 Å². The quantitative estimate of drug-likeness (QED) is 0.843. The summed E-state index contributed by atoms with van der Waals surface area (Å²) in [6.07, 6.45) is 0. The topological polar surface area (TPSA) is 53.0 Å². The van der Waals surface area contributed by atoms with Crippen molar-refractivity contribution in [3.05, 3.63) is 46.2 Å². The number of nitrogens with two attached hydrogens (primary N) is 1. The first-order valence-corrected chi connectivity index (χ1v) is 6.12. The maximum Gasteiger partial charge on any atom is 0.101 e. The molecule has 1 aromatic carbocycles. The lowest BCUT2D eigenvalue weighted by molar-refractivity contribution is 0.942. The number of hydrogen-bond donors (Lipinski definition) is 1. The summed E-state index contributed by atoms with van der Waals surface area (Å²) in [6.45, 7) is 0.802. The molecule has 2 aromatic rings. The van der Waals surface area contributed by atoms with E-state index in [-0.39, 0.29) is 0 Å². The number of nitrogens with zero attached hydrogens (tertiary/aromatic N) is 2. The van der Waals surface area contributed by atoms with Crippen LogP contribution >= 0.6 is 11.3 Å². The van der Waals surface area contributed by atoms with Crippen molar-refractivity contribution in [3.8, 4) is 6.07 Å². The molecule has 0 fully saturated rings. The Labute approximate surface area is 105 Å². The Bertz CT molecular complexity index is 540. The molecule has 4 heteroatoms. The number of nitriles is 1. The zero-order chi connectivity index (χ0) is 12.3. The van der Waals surface area contributed by atoms with Crippen LogP contribution in [0, 0.1) is 11.3 Å². The summed E-state index contributed by atoms with van der Waals surface area (Å²) in [5.41, 5.74) is 7.94. The van der Waals surface area contributed by atoms with Crippen LogP contribution in [0.25, 0.3) is 0 Å². The van der Waals surface area contributed by atoms with E-state index in [2.05, 4.69) is 22.4 Å². The highest BCUT2D eigenvalue weighted by molar-refractivity contribution is 7.09. The molecule has 0 saturated carbocycles. The Balaban J connectivity index is 2.25. The van der Waals surface area contributed by atoms with Gasteiger partial charge in [0.05, 0.1) is 23.5 Å². The molecular weight excluding hydrogens is 230 g/mol. The predicted molar refractivity (Wildman–Crippen MR) is 72.0 cm³/mol. The van der Waals surface area contributed by atoms with E-state index in [1.807, 2.05) is 25.2 Å². The fraction of sp³-hybridized carbons (Fsp3) is 0.154. The Morgan fingerprint density at radius 3 is 2.82 bits per heavy atom. The fourth-order valence-corrected chi connectivity index (χ4v) is 2.46. The highest BCUT2D eigenvalue weighted by Gasteiger charge is 2.09. The molecule has 86 valence electrons. The summed E-state index contributed by atoms with van der Waals surface area (Å²) in [5.74, 6) is 0. The van der Waals surface area contributed by atoms with Crippen LogP contribution in [0.1, 0.15) is 10.4 Å². The standard InChI is InChI=1S/C13H13N3S/c1-16(9-11-5-3-7-17-11)12-6-2-4-10(8-14)13(12)15/h2-7H,9,15H2,1H3. The second-order valence-electron chi connectivity index (χ2n) is 3.79. The molecule has 0 radical (unpaired) electrons. The van der Waals surface area contributed by atoms with E-state index in [0.29, 0.717) is 11.3 Å². The minimum absolute atomic E-state index is 0.528. The predicted octanol–water partition coefficient (Wildman–Crippen LogP) is 2.84. The van der Waals surface area contributed by atoms with Gasteiger partial charge in [-0.25, -0.2) is 0 Å². The molecule has 0 spiro atoms. The Morgan fingerprint density at radius 1 is 1.35 bits per heavy atom. The molecule has 3 nitrogen and oxygen atoms in total. The summed E-state index contributed by atoms with van der Waals surface area (Å²) >= 11 is 1.71. The first-order valence-electron chi connectivity index (χ1n) is 5.24. The van der Waals surface area contributed by atoms with Gasteiger partial charge in [0.15, 0.2) is 0 Å². The van der Waals surface area contributed by atoms with E-state index in [1.165, 1.54) is 4.88 Å². The number of para-hydroxylation sites is 1. The largest absolute Gasteiger partial charge is 0.396 e. The van der Waals surface area contributed by atoms with Crippen LogP contribution in [0.3, 0.4) is 0 Å². The zero-order valence-corrected chi connectivity index (χ0v) is 10.4. The Hall–Kier alpha value is -1.99. The number of rotatable bonds is 3. The highest BCUT2D eigenvalue weighted by Crippen LogP contribution is 2.27. The number of anilines is 2. The molecule has 0 aliphatic heterocycles. The van der Waals surface area contributed by atoms with Crippen LogP contribution in [0.15, 0.2) is 35.7 Å². The molecule has 0 aliphatic carbocycles. The van der Waals surface area contributed by atoms with Crippen LogP contribution in [0.2, 0.25) is 0 Å². The number of benzene rings is 1. The number of nitrogen functional groups attached to an aromatic ring is 1. The summed E-state index contributed by atoms with van der Waals surface area (Å²) < 4.78 is 0. The van der Waals surface area contributed by atoms with Crippen molar-refractivity contribution >= 4 is 22.7 Å². The van der Waals surface area contributed by atoms with Gasteiger partial charge in [0.2, 0.25) is 0 Å². The highest BCUT2D eigenvalue weighted by atomic mass is 32.1. The molecule has 0 unspecified atom stereocenters. The van der Waals surface area contributed by atoms with Gasteiger partial charge < -0.3 is 10.6 Å². The van der Waals surface area contributed by atoms with Gasteiger partial charge in [0, 0.05) is 11.9 Å². The van der Waals surface area contributed by atoms with Crippen molar-refractivity contribution in [1.82, 2.24) is 0 Å². The van der Waals surface area contributed by atoms with E-state index >= 15 is 0 Å². The van der Waals surface area contributed by atoms with E-state index < -0.39 is 0 Å². The fourth-order valence-electron chi connectivity index (χ4n) is 1.70. The van der Waals surface area contributed by atoms with Crippen molar-refractivity contribution in [2.45, 2.75) is 6.54 Å². The van der Waals surface area contributed by atoms with Crippen molar-refractivity contribution < 1.29 is 0 Å². The molecule has 0 bridgehead atoms. The third-order valence-electron chi connectivity index (χ3n) is 2.59. The average molecular weight is 243 g/mol. The van der Waals surface area contributed by atoms with Gasteiger partial charge >= 0.3 is 0 Å². The lowest BCUT2D eigenvalue weighted by atomic mass is 10.1. The van der Waals surface area contributed by atoms with Crippen LogP contribution < -0.4 is 10.6 Å². The van der Waals surface area contributed by atoms with Gasteiger partial charge in [-0.3, -0.25) is 0 Å². The zero-order valence-electron chi connectivity index (χ0n) is 9.55. The van der Waals surface area contributed by atoms with Crippen LogP contribution in [-0.4, -0.2) is 7.05 Å². The molecule has 0 saturated heterocycles. The molecule has 17 heavy (non-hydrogen) atoms. The lowest BCUT2D eigenvalue weighted by Gasteiger charge is -2.20. The van der Waals surface area contributed by atoms with E-state index in [4.69, 9.17) is 11.0 Å². The average Bonchev–Trinajstić information content (AvgIpc) is 2.82. The lowest BCUT2D eigenvalue weighted by Crippen LogP contribution is -2.17. The smallest absolute Gasteiger partial charge is 0.101 e. The third-order valence-corrected chi connectivity index (χ3v) is 3.45. The van der Waals surface area contributed by atoms with Gasteiger partial charge in [0.25, 0.3) is 0 Å². The van der Waals surface area contributed by atoms with E-state index in [9.17, 15) is 0 Å². The van der Waals surface area contributed by atoms with Gasteiger partial charge in [-0.1, -0.05) is 12.1 Å². The van der Waals surface area contributed by atoms with Crippen molar-refractivity contribution in [2.24, 2.45) is 0 Å². The molecule has 0 atom stereocenters. The molecule has 1 aromatic heterocycles. The minimum atomic E-state index is 0.528. The normalized spacial score (nSPS) is 9.88. The van der Waals surface area contributed by atoms with Gasteiger partial charge in [0.1, 0.15) is 6.07 Å². The van der Waals surface area contributed by atoms with Gasteiger partial charge in [-0.05, 0) is 23.6 Å². The first kappa shape index (κ1) is 11.5. The molecule has 0 amide bonds.